The normalized spacial score (nSPS) is 17.7. The average molecular weight is 338 g/mol. The van der Waals surface area contributed by atoms with Crippen LogP contribution < -0.4 is 10.6 Å². The van der Waals surface area contributed by atoms with Gasteiger partial charge in [-0.25, -0.2) is 9.98 Å². The maximum atomic E-state index is 4.69. The Hall–Kier alpha value is -1.14. The summed E-state index contributed by atoms with van der Waals surface area (Å²) in [6.07, 6.45) is 2.54. The van der Waals surface area contributed by atoms with Crippen LogP contribution in [0.3, 0.4) is 0 Å². The second-order valence-corrected chi connectivity index (χ2v) is 7.59. The van der Waals surface area contributed by atoms with Gasteiger partial charge in [-0.2, -0.15) is 0 Å². The van der Waals surface area contributed by atoms with Gasteiger partial charge < -0.3 is 15.5 Å². The maximum absolute atomic E-state index is 4.69. The number of nitrogens with zero attached hydrogens (tertiary/aromatic N) is 3. The van der Waals surface area contributed by atoms with Gasteiger partial charge in [-0.3, -0.25) is 0 Å². The SMILES string of the molecule is CCNC(=NCc1nc(C(C)C)cs1)NCC1CCN(C)CC1. The van der Waals surface area contributed by atoms with Crippen molar-refractivity contribution < 1.29 is 0 Å². The number of hydrogen-bond acceptors (Lipinski definition) is 4. The van der Waals surface area contributed by atoms with Crippen molar-refractivity contribution >= 4 is 17.3 Å². The molecule has 1 aliphatic heterocycles. The van der Waals surface area contributed by atoms with Crippen LogP contribution in [0.4, 0.5) is 0 Å². The quantitative estimate of drug-likeness (QED) is 0.619. The Kier molecular flexibility index (Phi) is 7.30. The number of aromatic nitrogens is 1. The number of thiazole rings is 1. The lowest BCUT2D eigenvalue weighted by Crippen LogP contribution is -2.42. The monoisotopic (exact) mass is 337 g/mol. The van der Waals surface area contributed by atoms with Crippen molar-refractivity contribution in [1.29, 1.82) is 0 Å². The Labute approximate surface area is 144 Å². The van der Waals surface area contributed by atoms with Gasteiger partial charge in [0.25, 0.3) is 0 Å². The van der Waals surface area contributed by atoms with Gasteiger partial charge in [-0.05, 0) is 51.7 Å². The summed E-state index contributed by atoms with van der Waals surface area (Å²) in [6, 6.07) is 0. The summed E-state index contributed by atoms with van der Waals surface area (Å²) in [5.74, 6) is 2.15. The number of aliphatic imine (C=N–C) groups is 1. The molecule has 0 amide bonds. The molecule has 1 aliphatic rings. The van der Waals surface area contributed by atoms with E-state index in [2.05, 4.69) is 58.7 Å². The lowest BCUT2D eigenvalue weighted by Gasteiger charge is -2.29. The van der Waals surface area contributed by atoms with E-state index in [0.717, 1.165) is 30.0 Å². The fourth-order valence-corrected chi connectivity index (χ4v) is 3.54. The fourth-order valence-electron chi connectivity index (χ4n) is 2.66. The minimum atomic E-state index is 0.486. The van der Waals surface area contributed by atoms with E-state index in [0.29, 0.717) is 12.5 Å². The summed E-state index contributed by atoms with van der Waals surface area (Å²) in [5.41, 5.74) is 1.17. The van der Waals surface area contributed by atoms with Gasteiger partial charge in [-0.15, -0.1) is 11.3 Å². The van der Waals surface area contributed by atoms with E-state index in [4.69, 9.17) is 0 Å². The highest BCUT2D eigenvalue weighted by molar-refractivity contribution is 7.09. The molecule has 1 saturated heterocycles. The Morgan fingerprint density at radius 3 is 2.74 bits per heavy atom. The Morgan fingerprint density at radius 1 is 1.39 bits per heavy atom. The van der Waals surface area contributed by atoms with E-state index in [-0.39, 0.29) is 0 Å². The summed E-state index contributed by atoms with van der Waals surface area (Å²) >= 11 is 1.71. The molecule has 0 radical (unpaired) electrons. The van der Waals surface area contributed by atoms with Gasteiger partial charge in [0.05, 0.1) is 12.2 Å². The van der Waals surface area contributed by atoms with Crippen molar-refractivity contribution in [3.05, 3.63) is 16.1 Å². The van der Waals surface area contributed by atoms with Crippen molar-refractivity contribution in [3.63, 3.8) is 0 Å². The van der Waals surface area contributed by atoms with Crippen LogP contribution in [-0.4, -0.2) is 49.1 Å². The number of rotatable bonds is 6. The second-order valence-electron chi connectivity index (χ2n) is 6.64. The molecule has 0 atom stereocenters. The molecule has 130 valence electrons. The minimum absolute atomic E-state index is 0.486. The molecular formula is C17H31N5S. The molecule has 0 aliphatic carbocycles. The van der Waals surface area contributed by atoms with E-state index in [1.54, 1.807) is 11.3 Å². The molecule has 1 fully saturated rings. The molecule has 5 nitrogen and oxygen atoms in total. The first-order valence-corrected chi connectivity index (χ1v) is 9.61. The van der Waals surface area contributed by atoms with E-state index in [1.807, 2.05) is 0 Å². The third-order valence-electron chi connectivity index (χ3n) is 4.27. The average Bonchev–Trinajstić information content (AvgIpc) is 3.01. The predicted octanol–water partition coefficient (Wildman–Crippen LogP) is 2.66. The summed E-state index contributed by atoms with van der Waals surface area (Å²) < 4.78 is 0. The first kappa shape index (κ1) is 18.2. The Balaban J connectivity index is 1.83. The summed E-state index contributed by atoms with van der Waals surface area (Å²) in [5, 5.41) is 10.1. The maximum Gasteiger partial charge on any atom is 0.191 e. The molecule has 0 spiro atoms. The largest absolute Gasteiger partial charge is 0.357 e. The van der Waals surface area contributed by atoms with Crippen molar-refractivity contribution in [2.45, 2.75) is 46.1 Å². The van der Waals surface area contributed by atoms with Crippen molar-refractivity contribution in [2.75, 3.05) is 33.2 Å². The van der Waals surface area contributed by atoms with Gasteiger partial charge in [0.1, 0.15) is 5.01 Å². The molecule has 2 N–H and O–H groups in total. The van der Waals surface area contributed by atoms with Crippen LogP contribution in [0, 0.1) is 5.92 Å². The van der Waals surface area contributed by atoms with Gasteiger partial charge in [0, 0.05) is 18.5 Å². The first-order valence-electron chi connectivity index (χ1n) is 8.73. The summed E-state index contributed by atoms with van der Waals surface area (Å²) in [7, 11) is 2.20. The zero-order valence-corrected chi connectivity index (χ0v) is 15.7. The zero-order chi connectivity index (χ0) is 16.7. The predicted molar refractivity (Wildman–Crippen MR) is 99.2 cm³/mol. The van der Waals surface area contributed by atoms with Crippen LogP contribution in [0.5, 0.6) is 0 Å². The first-order chi connectivity index (χ1) is 11.1. The highest BCUT2D eigenvalue weighted by atomic mass is 32.1. The van der Waals surface area contributed by atoms with Crippen LogP contribution in [0.1, 0.15) is 50.2 Å². The van der Waals surface area contributed by atoms with Gasteiger partial charge in [0.15, 0.2) is 5.96 Å². The molecular weight excluding hydrogens is 306 g/mol. The standard InChI is InChI=1S/C17H31N5S/c1-5-18-17(19-10-14-6-8-22(4)9-7-14)20-11-16-21-15(12-23-16)13(2)3/h12-14H,5-11H2,1-4H3,(H2,18,19,20). The molecule has 6 heteroatoms. The van der Waals surface area contributed by atoms with Crippen LogP contribution >= 0.6 is 11.3 Å². The fraction of sp³-hybridized carbons (Fsp3) is 0.765. The summed E-state index contributed by atoms with van der Waals surface area (Å²) in [4.78, 5) is 11.7. The van der Waals surface area contributed by atoms with E-state index in [1.165, 1.54) is 31.6 Å². The second kappa shape index (κ2) is 9.23. The molecule has 1 aromatic heterocycles. The lowest BCUT2D eigenvalue weighted by atomic mass is 9.97. The number of piperidine rings is 1. The highest BCUT2D eigenvalue weighted by Crippen LogP contribution is 2.18. The number of nitrogens with one attached hydrogen (secondary N) is 2. The van der Waals surface area contributed by atoms with Crippen LogP contribution in [0.2, 0.25) is 0 Å². The minimum Gasteiger partial charge on any atom is -0.357 e. The number of guanidine groups is 1. The molecule has 0 bridgehead atoms. The number of hydrogen-bond donors (Lipinski definition) is 2. The molecule has 23 heavy (non-hydrogen) atoms. The van der Waals surface area contributed by atoms with Crippen molar-refractivity contribution in [1.82, 2.24) is 20.5 Å². The lowest BCUT2D eigenvalue weighted by molar-refractivity contribution is 0.220. The van der Waals surface area contributed by atoms with Crippen LogP contribution in [0.15, 0.2) is 10.4 Å². The molecule has 0 saturated carbocycles. The van der Waals surface area contributed by atoms with E-state index >= 15 is 0 Å². The third-order valence-corrected chi connectivity index (χ3v) is 5.13. The molecule has 0 aromatic carbocycles. The van der Waals surface area contributed by atoms with Gasteiger partial charge in [0.2, 0.25) is 0 Å². The van der Waals surface area contributed by atoms with Crippen LogP contribution in [-0.2, 0) is 6.54 Å². The Morgan fingerprint density at radius 2 is 2.13 bits per heavy atom. The highest BCUT2D eigenvalue weighted by Gasteiger charge is 2.16. The van der Waals surface area contributed by atoms with Crippen molar-refractivity contribution in [3.8, 4) is 0 Å². The van der Waals surface area contributed by atoms with Crippen LogP contribution in [0.25, 0.3) is 0 Å². The van der Waals surface area contributed by atoms with Gasteiger partial charge in [-0.1, -0.05) is 13.8 Å². The molecule has 2 rings (SSSR count). The van der Waals surface area contributed by atoms with Gasteiger partial charge >= 0.3 is 0 Å². The van der Waals surface area contributed by atoms with Crippen molar-refractivity contribution in [2.24, 2.45) is 10.9 Å². The topological polar surface area (TPSA) is 52.6 Å². The third kappa shape index (κ3) is 6.11. The molecule has 2 heterocycles. The molecule has 0 unspecified atom stereocenters. The zero-order valence-electron chi connectivity index (χ0n) is 14.9. The summed E-state index contributed by atoms with van der Waals surface area (Å²) in [6.45, 7) is 11.4. The van der Waals surface area contributed by atoms with E-state index < -0.39 is 0 Å². The van der Waals surface area contributed by atoms with E-state index in [9.17, 15) is 0 Å². The Bertz CT molecular complexity index is 489. The molecule has 1 aromatic rings. The smallest absolute Gasteiger partial charge is 0.191 e. The number of likely N-dealkylation sites (tertiary alicyclic amines) is 1.